The number of halogens is 2. The number of piperazine rings is 1. The summed E-state index contributed by atoms with van der Waals surface area (Å²) in [6.07, 6.45) is 3.66. The lowest BCUT2D eigenvalue weighted by Crippen LogP contribution is -2.49. The number of anilines is 1. The van der Waals surface area contributed by atoms with Crippen molar-refractivity contribution >= 4 is 29.2 Å². The number of nitrogens with zero attached hydrogens (tertiary/aromatic N) is 3. The molecule has 4 rings (SSSR count). The summed E-state index contributed by atoms with van der Waals surface area (Å²) in [6.45, 7) is 2.90. The molecule has 0 spiro atoms. The van der Waals surface area contributed by atoms with Crippen LogP contribution in [0.25, 0.3) is 0 Å². The smallest absolute Gasteiger partial charge is 0.258 e. The Morgan fingerprint density at radius 2 is 2.00 bits per heavy atom. The third-order valence-electron chi connectivity index (χ3n) is 5.59. The van der Waals surface area contributed by atoms with Crippen molar-refractivity contribution in [2.45, 2.75) is 18.9 Å². The van der Waals surface area contributed by atoms with Crippen molar-refractivity contribution in [2.75, 3.05) is 44.2 Å². The maximum absolute atomic E-state index is 14.1. The first-order chi connectivity index (χ1) is 15.0. The van der Waals surface area contributed by atoms with E-state index in [2.05, 4.69) is 10.3 Å². The lowest BCUT2D eigenvalue weighted by atomic mass is 10.1. The molecule has 2 amide bonds. The van der Waals surface area contributed by atoms with Gasteiger partial charge in [-0.05, 0) is 37.1 Å². The van der Waals surface area contributed by atoms with Gasteiger partial charge in [0.15, 0.2) is 0 Å². The summed E-state index contributed by atoms with van der Waals surface area (Å²) in [4.78, 5) is 33.5. The van der Waals surface area contributed by atoms with Gasteiger partial charge in [-0.15, -0.1) is 0 Å². The Morgan fingerprint density at radius 3 is 2.71 bits per heavy atom. The predicted octanol–water partition coefficient (Wildman–Crippen LogP) is 2.75. The van der Waals surface area contributed by atoms with E-state index in [1.807, 2.05) is 4.90 Å². The van der Waals surface area contributed by atoms with Gasteiger partial charge in [0.2, 0.25) is 0 Å². The second kappa shape index (κ2) is 9.62. The minimum absolute atomic E-state index is 0.0591. The first-order valence-electron chi connectivity index (χ1n) is 10.4. The SMILES string of the molecule is O=C(NC[C@@H]1CCCO1)c1cccnc1N1CCN(C(=O)c2c(F)cccc2Cl)CC1. The molecular formula is C22H24ClFN4O3. The third kappa shape index (κ3) is 4.80. The molecule has 164 valence electrons. The van der Waals surface area contributed by atoms with Crippen LogP contribution in [0.5, 0.6) is 0 Å². The van der Waals surface area contributed by atoms with Crippen molar-refractivity contribution in [1.82, 2.24) is 15.2 Å². The average molecular weight is 447 g/mol. The molecule has 2 fully saturated rings. The maximum Gasteiger partial charge on any atom is 0.258 e. The highest BCUT2D eigenvalue weighted by molar-refractivity contribution is 6.33. The van der Waals surface area contributed by atoms with Gasteiger partial charge in [0, 0.05) is 45.5 Å². The number of pyridine rings is 1. The van der Waals surface area contributed by atoms with E-state index in [1.165, 1.54) is 18.2 Å². The molecule has 0 aliphatic carbocycles. The van der Waals surface area contributed by atoms with Crippen molar-refractivity contribution in [3.63, 3.8) is 0 Å². The highest BCUT2D eigenvalue weighted by Gasteiger charge is 2.28. The molecule has 3 heterocycles. The maximum atomic E-state index is 14.1. The number of hydrogen-bond acceptors (Lipinski definition) is 5. The average Bonchev–Trinajstić information content (AvgIpc) is 3.31. The molecule has 0 saturated carbocycles. The van der Waals surface area contributed by atoms with Crippen LogP contribution in [-0.2, 0) is 4.74 Å². The zero-order valence-corrected chi connectivity index (χ0v) is 17.8. The van der Waals surface area contributed by atoms with Gasteiger partial charge in [0.05, 0.1) is 22.3 Å². The highest BCUT2D eigenvalue weighted by Crippen LogP contribution is 2.23. The summed E-state index contributed by atoms with van der Waals surface area (Å²) in [6, 6.07) is 7.67. The molecule has 0 radical (unpaired) electrons. The van der Waals surface area contributed by atoms with Gasteiger partial charge in [-0.3, -0.25) is 9.59 Å². The molecular weight excluding hydrogens is 423 g/mol. The van der Waals surface area contributed by atoms with Gasteiger partial charge in [-0.2, -0.15) is 0 Å². The lowest BCUT2D eigenvalue weighted by molar-refractivity contribution is 0.0741. The minimum Gasteiger partial charge on any atom is -0.376 e. The molecule has 1 atom stereocenters. The number of aromatic nitrogens is 1. The molecule has 2 aliphatic rings. The second-order valence-electron chi connectivity index (χ2n) is 7.60. The zero-order chi connectivity index (χ0) is 21.8. The van der Waals surface area contributed by atoms with E-state index < -0.39 is 11.7 Å². The van der Waals surface area contributed by atoms with Crippen LogP contribution in [0.3, 0.4) is 0 Å². The monoisotopic (exact) mass is 446 g/mol. The van der Waals surface area contributed by atoms with E-state index in [9.17, 15) is 14.0 Å². The Morgan fingerprint density at radius 1 is 1.19 bits per heavy atom. The summed E-state index contributed by atoms with van der Waals surface area (Å²) >= 11 is 6.04. The van der Waals surface area contributed by atoms with Crippen molar-refractivity contribution < 1.29 is 18.7 Å². The van der Waals surface area contributed by atoms with Crippen molar-refractivity contribution in [3.8, 4) is 0 Å². The van der Waals surface area contributed by atoms with E-state index in [1.54, 1.807) is 23.2 Å². The fourth-order valence-electron chi connectivity index (χ4n) is 3.91. The third-order valence-corrected chi connectivity index (χ3v) is 5.90. The Hall–Kier alpha value is -2.71. The first kappa shape index (κ1) is 21.5. The van der Waals surface area contributed by atoms with Gasteiger partial charge in [0.25, 0.3) is 11.8 Å². The fraction of sp³-hybridized carbons (Fsp3) is 0.409. The van der Waals surface area contributed by atoms with Crippen LogP contribution in [0.2, 0.25) is 5.02 Å². The molecule has 7 nitrogen and oxygen atoms in total. The van der Waals surface area contributed by atoms with Crippen LogP contribution >= 0.6 is 11.6 Å². The van der Waals surface area contributed by atoms with Crippen LogP contribution < -0.4 is 10.2 Å². The summed E-state index contributed by atoms with van der Waals surface area (Å²) in [5.41, 5.74) is 0.377. The summed E-state index contributed by atoms with van der Waals surface area (Å²) in [5, 5.41) is 3.03. The number of carbonyl (C=O) groups excluding carboxylic acids is 2. The topological polar surface area (TPSA) is 74.8 Å². The molecule has 1 aromatic carbocycles. The Bertz CT molecular complexity index is 939. The number of amides is 2. The molecule has 1 aromatic heterocycles. The zero-order valence-electron chi connectivity index (χ0n) is 17.0. The van der Waals surface area contributed by atoms with Crippen molar-refractivity contribution in [2.24, 2.45) is 0 Å². The van der Waals surface area contributed by atoms with E-state index in [-0.39, 0.29) is 22.6 Å². The van der Waals surface area contributed by atoms with Gasteiger partial charge in [0.1, 0.15) is 11.6 Å². The number of rotatable bonds is 5. The Labute approximate surface area is 185 Å². The molecule has 2 aromatic rings. The largest absolute Gasteiger partial charge is 0.376 e. The lowest BCUT2D eigenvalue weighted by Gasteiger charge is -2.36. The number of nitrogens with one attached hydrogen (secondary N) is 1. The predicted molar refractivity (Wildman–Crippen MR) is 115 cm³/mol. The van der Waals surface area contributed by atoms with E-state index in [0.29, 0.717) is 44.1 Å². The van der Waals surface area contributed by atoms with Crippen LogP contribution in [0.1, 0.15) is 33.6 Å². The highest BCUT2D eigenvalue weighted by atomic mass is 35.5. The quantitative estimate of drug-likeness (QED) is 0.764. The van der Waals surface area contributed by atoms with Crippen LogP contribution in [0, 0.1) is 5.82 Å². The molecule has 2 aliphatic heterocycles. The number of hydrogen-bond donors (Lipinski definition) is 1. The first-order valence-corrected chi connectivity index (χ1v) is 10.8. The summed E-state index contributed by atoms with van der Waals surface area (Å²) < 4.78 is 19.7. The van der Waals surface area contributed by atoms with E-state index >= 15 is 0 Å². The molecule has 0 unspecified atom stereocenters. The molecule has 9 heteroatoms. The number of carbonyl (C=O) groups is 2. The summed E-state index contributed by atoms with van der Waals surface area (Å²) in [7, 11) is 0. The minimum atomic E-state index is -0.630. The Balaban J connectivity index is 1.41. The summed E-state index contributed by atoms with van der Waals surface area (Å²) in [5.74, 6) is -0.688. The van der Waals surface area contributed by atoms with Crippen LogP contribution in [0.15, 0.2) is 36.5 Å². The normalized spacial score (nSPS) is 18.8. The van der Waals surface area contributed by atoms with E-state index in [0.717, 1.165) is 19.4 Å². The molecule has 1 N–H and O–H groups in total. The standard InChI is InChI=1S/C22H24ClFN4O3/c23-17-6-1-7-18(24)19(17)22(30)28-11-9-27(10-12-28)20-16(5-2-8-25-20)21(29)26-14-15-4-3-13-31-15/h1-2,5-8,15H,3-4,9-14H2,(H,26,29)/t15-/m0/s1. The van der Waals surface area contributed by atoms with Crippen molar-refractivity contribution in [1.29, 1.82) is 0 Å². The van der Waals surface area contributed by atoms with Crippen molar-refractivity contribution in [3.05, 3.63) is 58.5 Å². The van der Waals surface area contributed by atoms with Gasteiger partial charge in [-0.25, -0.2) is 9.37 Å². The van der Waals surface area contributed by atoms with Crippen LogP contribution in [-0.4, -0.2) is 67.1 Å². The van der Waals surface area contributed by atoms with E-state index in [4.69, 9.17) is 16.3 Å². The second-order valence-corrected chi connectivity index (χ2v) is 8.00. The van der Waals surface area contributed by atoms with Gasteiger partial charge < -0.3 is 19.9 Å². The fourth-order valence-corrected chi connectivity index (χ4v) is 4.16. The Kier molecular flexibility index (Phi) is 6.67. The molecule has 2 saturated heterocycles. The number of benzene rings is 1. The van der Waals surface area contributed by atoms with Crippen LogP contribution in [0.4, 0.5) is 10.2 Å². The molecule has 31 heavy (non-hydrogen) atoms. The van der Waals surface area contributed by atoms with Gasteiger partial charge in [-0.1, -0.05) is 17.7 Å². The van der Waals surface area contributed by atoms with Gasteiger partial charge >= 0.3 is 0 Å². The molecule has 0 bridgehead atoms. The number of ether oxygens (including phenoxy) is 1.